The molecule has 1 amide bonds. The summed E-state index contributed by atoms with van der Waals surface area (Å²) in [4.78, 5) is 29.8. The standard InChI is InChI=1S/C28H22N4O3S/c1-18-6-5-9-22(14-18)32-25(34)15-24(33)26(31-32)27(35)29-16-19-10-12-21(13-11-19)28-30-23(17-36-28)20-7-3-2-4-8-20/h2-15,17,33H,16H2,1H3,(H,29,35). The smallest absolute Gasteiger partial charge is 0.275 e. The van der Waals surface area contributed by atoms with Gasteiger partial charge in [-0.05, 0) is 30.2 Å². The van der Waals surface area contributed by atoms with E-state index in [1.807, 2.05) is 73.0 Å². The van der Waals surface area contributed by atoms with E-state index >= 15 is 0 Å². The highest BCUT2D eigenvalue weighted by atomic mass is 32.1. The Morgan fingerprint density at radius 2 is 1.75 bits per heavy atom. The number of nitrogens with zero attached hydrogens (tertiary/aromatic N) is 3. The quantitative estimate of drug-likeness (QED) is 0.348. The van der Waals surface area contributed by atoms with E-state index in [1.54, 1.807) is 29.5 Å². The average molecular weight is 495 g/mol. The van der Waals surface area contributed by atoms with Gasteiger partial charge in [-0.1, -0.05) is 66.7 Å². The molecule has 3 aromatic carbocycles. The van der Waals surface area contributed by atoms with E-state index in [0.29, 0.717) is 5.69 Å². The number of carbonyl (C=O) groups excluding carboxylic acids is 1. The van der Waals surface area contributed by atoms with Gasteiger partial charge in [-0.15, -0.1) is 11.3 Å². The highest BCUT2D eigenvalue weighted by Gasteiger charge is 2.17. The Morgan fingerprint density at radius 3 is 2.50 bits per heavy atom. The van der Waals surface area contributed by atoms with Crippen LogP contribution in [0.1, 0.15) is 21.6 Å². The van der Waals surface area contributed by atoms with Crippen molar-refractivity contribution in [1.82, 2.24) is 20.1 Å². The van der Waals surface area contributed by atoms with Gasteiger partial charge >= 0.3 is 0 Å². The number of hydrogen-bond acceptors (Lipinski definition) is 6. The summed E-state index contributed by atoms with van der Waals surface area (Å²) in [7, 11) is 0. The lowest BCUT2D eigenvalue weighted by Crippen LogP contribution is -2.29. The molecule has 0 bridgehead atoms. The van der Waals surface area contributed by atoms with Gasteiger partial charge in [-0.25, -0.2) is 4.98 Å². The fourth-order valence-corrected chi connectivity index (χ4v) is 4.57. The Hall–Kier alpha value is -4.56. The molecule has 2 aromatic heterocycles. The van der Waals surface area contributed by atoms with E-state index in [2.05, 4.69) is 10.4 Å². The first-order chi connectivity index (χ1) is 17.5. The molecular weight excluding hydrogens is 472 g/mol. The molecule has 5 rings (SSSR count). The van der Waals surface area contributed by atoms with E-state index in [4.69, 9.17) is 4.98 Å². The van der Waals surface area contributed by atoms with Crippen LogP contribution in [0.15, 0.2) is 95.1 Å². The maximum Gasteiger partial charge on any atom is 0.275 e. The Kier molecular flexibility index (Phi) is 6.42. The van der Waals surface area contributed by atoms with Gasteiger partial charge in [0.15, 0.2) is 11.4 Å². The summed E-state index contributed by atoms with van der Waals surface area (Å²) in [5.41, 5.74) is 4.59. The molecule has 0 aliphatic rings. The molecule has 178 valence electrons. The largest absolute Gasteiger partial charge is 0.505 e. The lowest BCUT2D eigenvalue weighted by Gasteiger charge is -2.10. The zero-order valence-electron chi connectivity index (χ0n) is 19.4. The van der Waals surface area contributed by atoms with Crippen LogP contribution in [0, 0.1) is 6.92 Å². The molecule has 0 spiro atoms. The highest BCUT2D eigenvalue weighted by Crippen LogP contribution is 2.29. The van der Waals surface area contributed by atoms with Gasteiger partial charge in [0.2, 0.25) is 0 Å². The van der Waals surface area contributed by atoms with Crippen molar-refractivity contribution in [2.75, 3.05) is 0 Å². The zero-order chi connectivity index (χ0) is 25.1. The van der Waals surface area contributed by atoms with Crippen LogP contribution in [0.25, 0.3) is 27.5 Å². The van der Waals surface area contributed by atoms with Crippen molar-refractivity contribution in [2.24, 2.45) is 0 Å². The number of aryl methyl sites for hydroxylation is 1. The van der Waals surface area contributed by atoms with Crippen LogP contribution in [0.4, 0.5) is 0 Å². The first kappa shape index (κ1) is 23.2. The summed E-state index contributed by atoms with van der Waals surface area (Å²) in [6, 6.07) is 26.0. The lowest BCUT2D eigenvalue weighted by molar-refractivity contribution is 0.0941. The van der Waals surface area contributed by atoms with Gasteiger partial charge in [-0.2, -0.15) is 9.78 Å². The molecule has 7 nitrogen and oxygen atoms in total. The molecule has 0 atom stereocenters. The molecule has 8 heteroatoms. The van der Waals surface area contributed by atoms with Gasteiger partial charge < -0.3 is 10.4 Å². The number of amides is 1. The summed E-state index contributed by atoms with van der Waals surface area (Å²) in [6.45, 7) is 2.13. The normalized spacial score (nSPS) is 10.8. The van der Waals surface area contributed by atoms with Gasteiger partial charge in [0, 0.05) is 29.1 Å². The summed E-state index contributed by atoms with van der Waals surface area (Å²) >= 11 is 1.58. The monoisotopic (exact) mass is 494 g/mol. The molecule has 36 heavy (non-hydrogen) atoms. The van der Waals surface area contributed by atoms with E-state index in [-0.39, 0.29) is 12.2 Å². The second kappa shape index (κ2) is 9.97. The highest BCUT2D eigenvalue weighted by molar-refractivity contribution is 7.13. The summed E-state index contributed by atoms with van der Waals surface area (Å²) in [5.74, 6) is -1.04. The van der Waals surface area contributed by atoms with Crippen molar-refractivity contribution in [3.05, 3.63) is 117 Å². The molecule has 0 unspecified atom stereocenters. The minimum absolute atomic E-state index is 0.219. The number of aromatic hydroxyl groups is 1. The maximum atomic E-state index is 12.8. The Morgan fingerprint density at radius 1 is 0.972 bits per heavy atom. The SMILES string of the molecule is Cc1cccc(-n2nc(C(=O)NCc3ccc(-c4nc(-c5ccccc5)cs4)cc3)c(O)cc2=O)c1. The van der Waals surface area contributed by atoms with Crippen molar-refractivity contribution in [3.63, 3.8) is 0 Å². The fraction of sp³-hybridized carbons (Fsp3) is 0.0714. The molecule has 0 aliphatic carbocycles. The predicted octanol–water partition coefficient (Wildman–Crippen LogP) is 4.97. The molecule has 2 N–H and O–H groups in total. The molecule has 0 saturated heterocycles. The van der Waals surface area contributed by atoms with Crippen LogP contribution in [-0.2, 0) is 6.54 Å². The van der Waals surface area contributed by atoms with Crippen LogP contribution < -0.4 is 10.9 Å². The molecule has 0 saturated carbocycles. The topological polar surface area (TPSA) is 97.1 Å². The number of benzene rings is 3. The van der Waals surface area contributed by atoms with Gasteiger partial charge in [-0.3, -0.25) is 9.59 Å². The van der Waals surface area contributed by atoms with Crippen molar-refractivity contribution >= 4 is 17.2 Å². The van der Waals surface area contributed by atoms with Crippen molar-refractivity contribution in [1.29, 1.82) is 0 Å². The van der Waals surface area contributed by atoms with Gasteiger partial charge in [0.1, 0.15) is 5.01 Å². The summed E-state index contributed by atoms with van der Waals surface area (Å²) < 4.78 is 1.11. The first-order valence-electron chi connectivity index (χ1n) is 11.3. The van der Waals surface area contributed by atoms with Crippen LogP contribution in [-0.4, -0.2) is 25.8 Å². The zero-order valence-corrected chi connectivity index (χ0v) is 20.2. The Bertz CT molecular complexity index is 1590. The number of aromatic nitrogens is 3. The number of rotatable bonds is 6. The first-order valence-corrected chi connectivity index (χ1v) is 12.1. The lowest BCUT2D eigenvalue weighted by atomic mass is 10.1. The van der Waals surface area contributed by atoms with Crippen LogP contribution in [0.2, 0.25) is 0 Å². The third-order valence-corrected chi connectivity index (χ3v) is 6.49. The van der Waals surface area contributed by atoms with Crippen LogP contribution >= 0.6 is 11.3 Å². The van der Waals surface area contributed by atoms with E-state index in [0.717, 1.165) is 43.7 Å². The average Bonchev–Trinajstić information content (AvgIpc) is 3.39. The molecule has 0 aliphatic heterocycles. The van der Waals surface area contributed by atoms with Crippen molar-refractivity contribution < 1.29 is 9.90 Å². The minimum atomic E-state index is -0.578. The fourth-order valence-electron chi connectivity index (χ4n) is 3.73. The Labute approximate surface area is 211 Å². The van der Waals surface area contributed by atoms with E-state index < -0.39 is 17.2 Å². The molecule has 0 radical (unpaired) electrons. The van der Waals surface area contributed by atoms with E-state index in [9.17, 15) is 14.7 Å². The number of thiazole rings is 1. The third kappa shape index (κ3) is 4.94. The van der Waals surface area contributed by atoms with Crippen LogP contribution in [0.5, 0.6) is 5.75 Å². The van der Waals surface area contributed by atoms with Crippen molar-refractivity contribution in [3.8, 4) is 33.3 Å². The molecule has 5 aromatic rings. The minimum Gasteiger partial charge on any atom is -0.505 e. The number of carbonyl (C=O) groups is 1. The summed E-state index contributed by atoms with van der Waals surface area (Å²) in [5, 5.41) is 20.0. The second-order valence-electron chi connectivity index (χ2n) is 8.25. The van der Waals surface area contributed by atoms with Gasteiger partial charge in [0.05, 0.1) is 11.4 Å². The number of hydrogen-bond donors (Lipinski definition) is 2. The number of nitrogens with one attached hydrogen (secondary N) is 1. The van der Waals surface area contributed by atoms with Gasteiger partial charge in [0.25, 0.3) is 11.5 Å². The molecule has 0 fully saturated rings. The predicted molar refractivity (Wildman–Crippen MR) is 140 cm³/mol. The van der Waals surface area contributed by atoms with E-state index in [1.165, 1.54) is 0 Å². The third-order valence-electron chi connectivity index (χ3n) is 5.60. The summed E-state index contributed by atoms with van der Waals surface area (Å²) in [6.07, 6.45) is 0. The van der Waals surface area contributed by atoms with Crippen LogP contribution in [0.3, 0.4) is 0 Å². The van der Waals surface area contributed by atoms with Crippen molar-refractivity contribution in [2.45, 2.75) is 13.5 Å². The Balaban J connectivity index is 1.29. The maximum absolute atomic E-state index is 12.8. The molecular formula is C28H22N4O3S. The molecule has 2 heterocycles. The second-order valence-corrected chi connectivity index (χ2v) is 9.11.